The van der Waals surface area contributed by atoms with Crippen LogP contribution in [0.1, 0.15) is 38.2 Å². The summed E-state index contributed by atoms with van der Waals surface area (Å²) in [5.74, 6) is 1.85. The van der Waals surface area contributed by atoms with E-state index in [1.165, 1.54) is 12.1 Å². The molecule has 3 heterocycles. The maximum Gasteiger partial charge on any atom is 0.231 e. The molecular formula is C28H23BrFNO5. The van der Waals surface area contributed by atoms with Crippen LogP contribution < -0.4 is 14.2 Å². The highest BCUT2D eigenvalue weighted by molar-refractivity contribution is 9.10. The molecule has 0 fully saturated rings. The van der Waals surface area contributed by atoms with Crippen LogP contribution in [0.3, 0.4) is 0 Å². The van der Waals surface area contributed by atoms with E-state index < -0.39 is 0 Å². The van der Waals surface area contributed by atoms with Gasteiger partial charge >= 0.3 is 0 Å². The lowest BCUT2D eigenvalue weighted by atomic mass is 9.99. The zero-order valence-electron chi connectivity index (χ0n) is 19.6. The number of fused-ring (bicyclic) bond motifs is 3. The molecular weight excluding hydrogens is 529 g/mol. The first kappa shape index (κ1) is 23.2. The fraction of sp³-hybridized carbons (Fsp3) is 0.250. The smallest absolute Gasteiger partial charge is 0.231 e. The first-order valence-electron chi connectivity index (χ1n) is 11.7. The second kappa shape index (κ2) is 9.35. The molecule has 0 saturated heterocycles. The van der Waals surface area contributed by atoms with Crippen molar-refractivity contribution >= 4 is 27.8 Å². The van der Waals surface area contributed by atoms with Crippen LogP contribution in [-0.4, -0.2) is 30.8 Å². The minimum absolute atomic E-state index is 0.167. The average molecular weight is 552 g/mol. The maximum absolute atomic E-state index is 13.4. The number of nitrogens with zero attached hydrogens (tertiary/aromatic N) is 1. The van der Waals surface area contributed by atoms with E-state index in [0.717, 1.165) is 51.0 Å². The highest BCUT2D eigenvalue weighted by Crippen LogP contribution is 2.44. The van der Waals surface area contributed by atoms with Gasteiger partial charge in [-0.3, -0.25) is 9.69 Å². The van der Waals surface area contributed by atoms with Gasteiger partial charge in [0.05, 0.1) is 12.2 Å². The van der Waals surface area contributed by atoms with Gasteiger partial charge in [0.2, 0.25) is 5.78 Å². The van der Waals surface area contributed by atoms with E-state index in [1.807, 2.05) is 25.1 Å². The molecule has 0 N–H and O–H groups in total. The quantitative estimate of drug-likeness (QED) is 0.383. The van der Waals surface area contributed by atoms with Gasteiger partial charge in [-0.1, -0.05) is 28.1 Å². The van der Waals surface area contributed by atoms with E-state index in [9.17, 15) is 9.18 Å². The monoisotopic (exact) mass is 551 g/mol. The second-order valence-electron chi connectivity index (χ2n) is 9.10. The Morgan fingerprint density at radius 3 is 2.72 bits per heavy atom. The fourth-order valence-corrected chi connectivity index (χ4v) is 5.36. The van der Waals surface area contributed by atoms with Gasteiger partial charge in [0.15, 0.2) is 12.6 Å². The predicted octanol–water partition coefficient (Wildman–Crippen LogP) is 5.77. The summed E-state index contributed by atoms with van der Waals surface area (Å²) in [4.78, 5) is 15.5. The summed E-state index contributed by atoms with van der Waals surface area (Å²) in [5.41, 5.74) is 5.04. The molecule has 0 unspecified atom stereocenters. The summed E-state index contributed by atoms with van der Waals surface area (Å²) in [6.45, 7) is 4.39. The number of benzene rings is 3. The van der Waals surface area contributed by atoms with Crippen molar-refractivity contribution in [1.82, 2.24) is 4.90 Å². The van der Waals surface area contributed by atoms with Crippen LogP contribution in [0.15, 0.2) is 52.7 Å². The van der Waals surface area contributed by atoms with E-state index in [4.69, 9.17) is 18.9 Å². The third-order valence-electron chi connectivity index (χ3n) is 6.62. The van der Waals surface area contributed by atoms with Crippen LogP contribution in [0.25, 0.3) is 6.08 Å². The lowest BCUT2D eigenvalue weighted by Crippen LogP contribution is -2.34. The molecule has 0 atom stereocenters. The van der Waals surface area contributed by atoms with E-state index in [1.54, 1.807) is 18.2 Å². The number of halogens is 2. The summed E-state index contributed by atoms with van der Waals surface area (Å²) in [6, 6.07) is 12.3. The van der Waals surface area contributed by atoms with Crippen LogP contribution in [0.2, 0.25) is 0 Å². The summed E-state index contributed by atoms with van der Waals surface area (Å²) >= 11 is 3.52. The SMILES string of the molecule is Cc1c2c(cc3c1O/C(=C\c1cc(Br)cc4c1OCOC4)C3=O)CN(CCc1ccc(F)cc1)CO2. The molecule has 0 aliphatic carbocycles. The molecule has 0 amide bonds. The van der Waals surface area contributed by atoms with Crippen molar-refractivity contribution in [1.29, 1.82) is 0 Å². The standard InChI is InChI=1S/C28H23BrFNO5/c1-16-26-19(12-31(14-34-26)7-6-17-2-4-22(30)5-3-17)10-23-25(32)24(36-27(16)23)11-18-8-21(29)9-20-13-33-15-35-28(18)20/h2-5,8-11H,6-7,12-15H2,1H3/b24-11-. The Labute approximate surface area is 216 Å². The normalized spacial score (nSPS) is 17.6. The first-order valence-corrected chi connectivity index (χ1v) is 12.5. The molecule has 3 aromatic rings. The van der Waals surface area contributed by atoms with Crippen LogP contribution in [0, 0.1) is 12.7 Å². The van der Waals surface area contributed by atoms with E-state index in [0.29, 0.717) is 36.9 Å². The lowest BCUT2D eigenvalue weighted by Gasteiger charge is -2.30. The largest absolute Gasteiger partial charge is 0.477 e. The van der Waals surface area contributed by atoms with E-state index in [-0.39, 0.29) is 24.2 Å². The second-order valence-corrected chi connectivity index (χ2v) is 10.0. The first-order chi connectivity index (χ1) is 17.5. The Balaban J connectivity index is 1.25. The van der Waals surface area contributed by atoms with Crippen molar-refractivity contribution in [3.63, 3.8) is 0 Å². The maximum atomic E-state index is 13.4. The summed E-state index contributed by atoms with van der Waals surface area (Å²) < 4.78 is 37.3. The number of ketones is 1. The Morgan fingerprint density at radius 1 is 1.06 bits per heavy atom. The zero-order valence-corrected chi connectivity index (χ0v) is 21.2. The molecule has 0 bridgehead atoms. The number of hydrogen-bond donors (Lipinski definition) is 0. The fourth-order valence-electron chi connectivity index (χ4n) is 4.84. The van der Waals surface area contributed by atoms with Gasteiger partial charge < -0.3 is 18.9 Å². The predicted molar refractivity (Wildman–Crippen MR) is 135 cm³/mol. The Bertz CT molecular complexity index is 1400. The minimum Gasteiger partial charge on any atom is -0.477 e. The highest BCUT2D eigenvalue weighted by atomic mass is 79.9. The molecule has 184 valence electrons. The van der Waals surface area contributed by atoms with Gasteiger partial charge in [0, 0.05) is 39.8 Å². The van der Waals surface area contributed by atoms with Crippen molar-refractivity contribution in [3.8, 4) is 17.2 Å². The topological polar surface area (TPSA) is 57.2 Å². The van der Waals surface area contributed by atoms with Crippen LogP contribution >= 0.6 is 15.9 Å². The average Bonchev–Trinajstić information content (AvgIpc) is 3.19. The summed E-state index contributed by atoms with van der Waals surface area (Å²) in [6.07, 6.45) is 2.51. The van der Waals surface area contributed by atoms with Gasteiger partial charge in [-0.25, -0.2) is 4.39 Å². The zero-order chi connectivity index (χ0) is 24.8. The molecule has 0 aromatic heterocycles. The number of carbonyl (C=O) groups is 1. The number of ether oxygens (including phenoxy) is 4. The van der Waals surface area contributed by atoms with Crippen molar-refractivity contribution in [2.45, 2.75) is 26.5 Å². The van der Waals surface area contributed by atoms with Crippen LogP contribution in [-0.2, 0) is 24.3 Å². The summed E-state index contributed by atoms with van der Waals surface area (Å²) in [7, 11) is 0. The Morgan fingerprint density at radius 2 is 1.89 bits per heavy atom. The van der Waals surface area contributed by atoms with Gasteiger partial charge in [-0.2, -0.15) is 0 Å². The molecule has 3 aliphatic rings. The molecule has 0 saturated carbocycles. The molecule has 6 nitrogen and oxygen atoms in total. The highest BCUT2D eigenvalue weighted by Gasteiger charge is 2.34. The van der Waals surface area contributed by atoms with E-state index >= 15 is 0 Å². The number of rotatable bonds is 4. The van der Waals surface area contributed by atoms with Gasteiger partial charge in [-0.05, 0) is 55.3 Å². The minimum atomic E-state index is -0.236. The lowest BCUT2D eigenvalue weighted by molar-refractivity contribution is -0.0165. The van der Waals surface area contributed by atoms with Crippen LogP contribution in [0.5, 0.6) is 17.2 Å². The number of hydrogen-bond acceptors (Lipinski definition) is 6. The molecule has 3 aromatic carbocycles. The molecule has 3 aliphatic heterocycles. The molecule has 6 rings (SSSR count). The Hall–Kier alpha value is -3.20. The van der Waals surface area contributed by atoms with Gasteiger partial charge in [-0.15, -0.1) is 0 Å². The van der Waals surface area contributed by atoms with Crippen molar-refractivity contribution in [2.24, 2.45) is 0 Å². The van der Waals surface area contributed by atoms with Crippen molar-refractivity contribution in [2.75, 3.05) is 20.1 Å². The third-order valence-corrected chi connectivity index (χ3v) is 7.08. The Kier molecular flexibility index (Phi) is 6.03. The molecule has 0 radical (unpaired) electrons. The van der Waals surface area contributed by atoms with Gasteiger partial charge in [0.1, 0.15) is 29.8 Å². The number of Topliss-reactive ketones (excluding diaryl/α,β-unsaturated/α-hetero) is 1. The molecule has 0 spiro atoms. The molecule has 36 heavy (non-hydrogen) atoms. The van der Waals surface area contributed by atoms with Gasteiger partial charge in [0.25, 0.3) is 0 Å². The number of carbonyl (C=O) groups excluding carboxylic acids is 1. The summed E-state index contributed by atoms with van der Waals surface area (Å²) in [5, 5.41) is 0. The third kappa shape index (κ3) is 4.30. The molecule has 8 heteroatoms. The van der Waals surface area contributed by atoms with Crippen molar-refractivity contribution in [3.05, 3.63) is 91.9 Å². The van der Waals surface area contributed by atoms with Crippen molar-refractivity contribution < 1.29 is 28.1 Å². The number of allylic oxidation sites excluding steroid dienone is 1. The van der Waals surface area contributed by atoms with Crippen LogP contribution in [0.4, 0.5) is 4.39 Å². The van der Waals surface area contributed by atoms with E-state index in [2.05, 4.69) is 20.8 Å².